The summed E-state index contributed by atoms with van der Waals surface area (Å²) >= 11 is 6.93. The van der Waals surface area contributed by atoms with Gasteiger partial charge in [0.15, 0.2) is 27.2 Å². The van der Waals surface area contributed by atoms with Gasteiger partial charge in [0.05, 0.1) is 53.8 Å². The fourth-order valence-corrected chi connectivity index (χ4v) is 7.79. The number of nitrogens with zero attached hydrogens (tertiary/aromatic N) is 3. The van der Waals surface area contributed by atoms with Gasteiger partial charge < -0.3 is 9.47 Å². The monoisotopic (exact) mass is 605 g/mol. The molecule has 40 heavy (non-hydrogen) atoms. The van der Waals surface area contributed by atoms with Gasteiger partial charge in [-0.1, -0.05) is 35.9 Å². The minimum absolute atomic E-state index is 0.0536. The van der Waals surface area contributed by atoms with Crippen LogP contribution < -0.4 is 4.74 Å². The Labute approximate surface area is 241 Å². The molecule has 3 heterocycles. The van der Waals surface area contributed by atoms with Crippen molar-refractivity contribution in [3.05, 3.63) is 75.5 Å². The number of hydrogen-bond donors (Lipinski definition) is 0. The zero-order chi connectivity index (χ0) is 28.4. The molecule has 1 aliphatic heterocycles. The van der Waals surface area contributed by atoms with E-state index in [4.69, 9.17) is 21.1 Å². The Kier molecular flexibility index (Phi) is 8.58. The number of fused-ring (bicyclic) bond motifs is 1. The predicted molar refractivity (Wildman–Crippen MR) is 153 cm³/mol. The van der Waals surface area contributed by atoms with Gasteiger partial charge in [0.2, 0.25) is 0 Å². The number of thiophene rings is 1. The van der Waals surface area contributed by atoms with Crippen LogP contribution in [0.15, 0.2) is 52.7 Å². The number of benzene rings is 2. The van der Waals surface area contributed by atoms with Crippen molar-refractivity contribution in [1.82, 2.24) is 14.7 Å². The SMILES string of the molecule is COc1c(F)ccc2c1c(CS(=O)(=O)c1ccc(Cl)s1)nn2Cc1cccc(CCC(=O)C2COCCN2C)c1. The molecule has 0 N–H and O–H groups in total. The molecule has 2 aromatic carbocycles. The number of methoxy groups -OCH3 is 1. The number of ether oxygens (including phenoxy) is 2. The molecule has 0 saturated carbocycles. The first kappa shape index (κ1) is 28.7. The molecule has 0 amide bonds. The van der Waals surface area contributed by atoms with E-state index in [2.05, 4.69) is 5.10 Å². The molecule has 0 aliphatic carbocycles. The van der Waals surface area contributed by atoms with Gasteiger partial charge in [-0.25, -0.2) is 12.8 Å². The molecule has 1 aliphatic rings. The van der Waals surface area contributed by atoms with Gasteiger partial charge in [0.25, 0.3) is 0 Å². The molecule has 212 valence electrons. The third kappa shape index (κ3) is 6.08. The Morgan fingerprint density at radius 2 is 2.02 bits per heavy atom. The van der Waals surface area contributed by atoms with E-state index >= 15 is 0 Å². The first-order chi connectivity index (χ1) is 19.2. The fourth-order valence-electron chi connectivity index (χ4n) is 4.94. The predicted octanol–water partition coefficient (Wildman–Crippen LogP) is 4.75. The number of aryl methyl sites for hydroxylation is 1. The largest absolute Gasteiger partial charge is 0.493 e. The maximum absolute atomic E-state index is 14.7. The Morgan fingerprint density at radius 3 is 2.75 bits per heavy atom. The van der Waals surface area contributed by atoms with Crippen molar-refractivity contribution in [2.75, 3.05) is 33.9 Å². The summed E-state index contributed by atoms with van der Waals surface area (Å²) in [6, 6.07) is 13.5. The molecule has 12 heteroatoms. The second-order valence-corrected chi connectivity index (χ2v) is 13.7. The zero-order valence-corrected chi connectivity index (χ0v) is 24.5. The minimum Gasteiger partial charge on any atom is -0.493 e. The smallest absolute Gasteiger partial charge is 0.193 e. The van der Waals surface area contributed by atoms with E-state index < -0.39 is 21.4 Å². The molecule has 0 bridgehead atoms. The highest BCUT2D eigenvalue weighted by Crippen LogP contribution is 2.35. The van der Waals surface area contributed by atoms with Crippen LogP contribution in [0.3, 0.4) is 0 Å². The molecule has 4 aromatic rings. The van der Waals surface area contributed by atoms with Crippen LogP contribution >= 0.6 is 22.9 Å². The van der Waals surface area contributed by atoms with Crippen LogP contribution in [0.2, 0.25) is 4.34 Å². The number of Topliss-reactive ketones (excluding diaryl/α,β-unsaturated/α-hetero) is 1. The van der Waals surface area contributed by atoms with Crippen LogP contribution in [0.25, 0.3) is 10.9 Å². The number of ketones is 1. The van der Waals surface area contributed by atoms with Crippen molar-refractivity contribution in [2.45, 2.75) is 35.4 Å². The number of aromatic nitrogens is 2. The van der Waals surface area contributed by atoms with Crippen LogP contribution in [0.5, 0.6) is 5.75 Å². The number of rotatable bonds is 10. The van der Waals surface area contributed by atoms with Crippen LogP contribution in [-0.2, 0) is 38.1 Å². The van der Waals surface area contributed by atoms with Gasteiger partial charge in [0, 0.05) is 13.0 Å². The second-order valence-electron chi connectivity index (χ2n) is 9.75. The van der Waals surface area contributed by atoms with E-state index in [-0.39, 0.29) is 27.5 Å². The molecule has 5 rings (SSSR count). The van der Waals surface area contributed by atoms with Crippen LogP contribution in [-0.4, -0.2) is 68.8 Å². The standard InChI is InChI=1S/C28H29ClFN3O5S2/c1-32-12-13-38-16-23(32)24(34)9-6-18-4-3-5-19(14-18)15-33-22-8-7-20(30)28(37-2)27(22)21(31-33)17-40(35,36)26-11-10-25(29)39-26/h3-5,7-8,10-11,14,23H,6,9,12-13,15-17H2,1-2H3. The van der Waals surface area contributed by atoms with Gasteiger partial charge in [-0.05, 0) is 48.9 Å². The zero-order valence-electron chi connectivity index (χ0n) is 22.1. The van der Waals surface area contributed by atoms with Crippen LogP contribution in [0.1, 0.15) is 23.2 Å². The topological polar surface area (TPSA) is 90.7 Å². The van der Waals surface area contributed by atoms with Gasteiger partial charge in [-0.3, -0.25) is 14.4 Å². The quantitative estimate of drug-likeness (QED) is 0.258. The summed E-state index contributed by atoms with van der Waals surface area (Å²) in [7, 11) is -0.499. The minimum atomic E-state index is -3.78. The number of carbonyl (C=O) groups excluding carboxylic acids is 1. The summed E-state index contributed by atoms with van der Waals surface area (Å²) in [5.41, 5.74) is 2.66. The number of likely N-dealkylation sites (N-methyl/N-ethyl adjacent to an activating group) is 1. The van der Waals surface area contributed by atoms with E-state index in [1.807, 2.05) is 36.2 Å². The van der Waals surface area contributed by atoms with E-state index in [0.717, 1.165) is 29.0 Å². The van der Waals surface area contributed by atoms with E-state index in [1.54, 1.807) is 10.7 Å². The lowest BCUT2D eigenvalue weighted by Gasteiger charge is -2.31. The van der Waals surface area contributed by atoms with Crippen molar-refractivity contribution in [1.29, 1.82) is 0 Å². The lowest BCUT2D eigenvalue weighted by molar-refractivity contribution is -0.129. The summed E-state index contributed by atoms with van der Waals surface area (Å²) in [6.07, 6.45) is 0.987. The van der Waals surface area contributed by atoms with Crippen molar-refractivity contribution in [2.24, 2.45) is 0 Å². The fraction of sp³-hybridized carbons (Fsp3) is 0.357. The lowest BCUT2D eigenvalue weighted by Crippen LogP contribution is -2.47. The molecule has 1 atom stereocenters. The second kappa shape index (κ2) is 12.0. The normalized spacial score (nSPS) is 16.4. The molecule has 1 unspecified atom stereocenters. The van der Waals surface area contributed by atoms with E-state index in [1.165, 1.54) is 25.3 Å². The molecule has 2 aromatic heterocycles. The lowest BCUT2D eigenvalue weighted by atomic mass is 10.0. The molecule has 0 spiro atoms. The Bertz CT molecular complexity index is 1650. The molecular weight excluding hydrogens is 577 g/mol. The number of hydrogen-bond acceptors (Lipinski definition) is 8. The van der Waals surface area contributed by atoms with Crippen molar-refractivity contribution in [3.8, 4) is 5.75 Å². The Hall–Kier alpha value is -2.83. The molecule has 1 saturated heterocycles. The van der Waals surface area contributed by atoms with Gasteiger partial charge in [0.1, 0.15) is 9.96 Å². The first-order valence-corrected chi connectivity index (χ1v) is 15.6. The van der Waals surface area contributed by atoms with Crippen LogP contribution in [0, 0.1) is 5.82 Å². The summed E-state index contributed by atoms with van der Waals surface area (Å²) in [4.78, 5) is 14.8. The average Bonchev–Trinajstić information content (AvgIpc) is 3.51. The molecular formula is C28H29ClFN3O5S2. The highest BCUT2D eigenvalue weighted by molar-refractivity contribution is 7.92. The number of sulfone groups is 1. The highest BCUT2D eigenvalue weighted by atomic mass is 35.5. The first-order valence-electron chi connectivity index (χ1n) is 12.7. The Balaban J connectivity index is 1.41. The molecule has 8 nitrogen and oxygen atoms in total. The van der Waals surface area contributed by atoms with Crippen LogP contribution in [0.4, 0.5) is 4.39 Å². The highest BCUT2D eigenvalue weighted by Gasteiger charge is 2.27. The summed E-state index contributed by atoms with van der Waals surface area (Å²) in [5, 5.41) is 4.93. The maximum Gasteiger partial charge on any atom is 0.193 e. The summed E-state index contributed by atoms with van der Waals surface area (Å²) in [5.74, 6) is -0.943. The third-order valence-electron chi connectivity index (χ3n) is 7.03. The van der Waals surface area contributed by atoms with Gasteiger partial charge >= 0.3 is 0 Å². The van der Waals surface area contributed by atoms with E-state index in [9.17, 15) is 17.6 Å². The number of morpholine rings is 1. The molecule has 1 fully saturated rings. The molecule has 0 radical (unpaired) electrons. The maximum atomic E-state index is 14.7. The van der Waals surface area contributed by atoms with E-state index in [0.29, 0.717) is 47.8 Å². The van der Waals surface area contributed by atoms with Crippen molar-refractivity contribution in [3.63, 3.8) is 0 Å². The van der Waals surface area contributed by atoms with Crippen molar-refractivity contribution >= 4 is 49.5 Å². The van der Waals surface area contributed by atoms with Crippen molar-refractivity contribution < 1.29 is 27.1 Å². The Morgan fingerprint density at radius 1 is 1.23 bits per heavy atom. The summed E-state index contributed by atoms with van der Waals surface area (Å²) < 4.78 is 53.9. The number of carbonyl (C=O) groups is 1. The average molecular weight is 606 g/mol. The number of halogens is 2. The summed E-state index contributed by atoms with van der Waals surface area (Å²) in [6.45, 7) is 2.11. The third-order valence-corrected chi connectivity index (χ3v) is 10.5. The van der Waals surface area contributed by atoms with Gasteiger partial charge in [-0.2, -0.15) is 5.10 Å². The van der Waals surface area contributed by atoms with Gasteiger partial charge in [-0.15, -0.1) is 11.3 Å².